The van der Waals surface area contributed by atoms with Crippen LogP contribution in [0.15, 0.2) is 18.3 Å². The van der Waals surface area contributed by atoms with E-state index in [0.717, 1.165) is 44.7 Å². The second-order valence-corrected chi connectivity index (χ2v) is 5.77. The number of rotatable bonds is 2. The topological polar surface area (TPSA) is 69.2 Å². The van der Waals surface area contributed by atoms with Gasteiger partial charge in [0.25, 0.3) is 0 Å². The van der Waals surface area contributed by atoms with Crippen molar-refractivity contribution in [2.75, 3.05) is 31.1 Å². The lowest BCUT2D eigenvalue weighted by molar-refractivity contribution is 0.163. The highest BCUT2D eigenvalue weighted by Gasteiger charge is 2.29. The second kappa shape index (κ2) is 5.78. The van der Waals surface area contributed by atoms with E-state index in [1.807, 2.05) is 12.1 Å². The summed E-state index contributed by atoms with van der Waals surface area (Å²) in [7, 11) is 0. The molecule has 0 aliphatic carbocycles. The quantitative estimate of drug-likeness (QED) is 0.867. The van der Waals surface area contributed by atoms with Crippen molar-refractivity contribution in [1.29, 1.82) is 5.26 Å². The molecule has 2 N–H and O–H groups in total. The third kappa shape index (κ3) is 2.77. The van der Waals surface area contributed by atoms with Crippen LogP contribution in [0.1, 0.15) is 25.0 Å². The van der Waals surface area contributed by atoms with Gasteiger partial charge in [0, 0.05) is 37.1 Å². The van der Waals surface area contributed by atoms with Crippen molar-refractivity contribution in [1.82, 2.24) is 9.88 Å². The molecule has 106 valence electrons. The number of piperidine rings is 1. The lowest BCUT2D eigenvalue weighted by atomic mass is 10.0. The minimum Gasteiger partial charge on any atom is -0.370 e. The Morgan fingerprint density at radius 1 is 1.25 bits per heavy atom. The summed E-state index contributed by atoms with van der Waals surface area (Å²) in [5, 5.41) is 8.93. The Morgan fingerprint density at radius 2 is 2.05 bits per heavy atom. The molecule has 0 radical (unpaired) electrons. The first-order valence-corrected chi connectivity index (χ1v) is 7.37. The number of nitrogens with zero attached hydrogens (tertiary/aromatic N) is 4. The summed E-state index contributed by atoms with van der Waals surface area (Å²) in [5.74, 6) is 0. The second-order valence-electron chi connectivity index (χ2n) is 5.77. The predicted octanol–water partition coefficient (Wildman–Crippen LogP) is 0.955. The molecule has 3 heterocycles. The number of aromatic nitrogens is 1. The van der Waals surface area contributed by atoms with Crippen molar-refractivity contribution in [2.24, 2.45) is 5.73 Å². The smallest absolute Gasteiger partial charge is 0.142 e. The number of nitrogens with two attached hydrogens (primary N) is 1. The molecule has 3 rings (SSSR count). The Hall–Kier alpha value is -1.64. The molecule has 20 heavy (non-hydrogen) atoms. The number of anilines is 1. The van der Waals surface area contributed by atoms with Crippen molar-refractivity contribution in [3.63, 3.8) is 0 Å². The molecule has 2 saturated heterocycles. The first kappa shape index (κ1) is 13.3. The van der Waals surface area contributed by atoms with Crippen LogP contribution in [-0.2, 0) is 0 Å². The third-order valence-electron chi connectivity index (χ3n) is 4.48. The van der Waals surface area contributed by atoms with E-state index in [2.05, 4.69) is 20.9 Å². The molecule has 0 saturated carbocycles. The fourth-order valence-electron chi connectivity index (χ4n) is 3.24. The van der Waals surface area contributed by atoms with Gasteiger partial charge in [-0.1, -0.05) is 0 Å². The number of hydrogen-bond acceptors (Lipinski definition) is 5. The van der Waals surface area contributed by atoms with Gasteiger partial charge in [0.15, 0.2) is 0 Å². The van der Waals surface area contributed by atoms with Crippen LogP contribution in [0, 0.1) is 11.3 Å². The van der Waals surface area contributed by atoms with Crippen LogP contribution in [0.3, 0.4) is 0 Å². The molecule has 5 nitrogen and oxygen atoms in total. The van der Waals surface area contributed by atoms with Crippen molar-refractivity contribution in [2.45, 2.75) is 31.3 Å². The van der Waals surface area contributed by atoms with Crippen LogP contribution in [0.2, 0.25) is 0 Å². The van der Waals surface area contributed by atoms with E-state index in [9.17, 15) is 0 Å². The molecular formula is C15H21N5. The molecule has 1 aromatic rings. The summed E-state index contributed by atoms with van der Waals surface area (Å²) >= 11 is 0. The molecular weight excluding hydrogens is 250 g/mol. The van der Waals surface area contributed by atoms with Crippen LogP contribution in [0.5, 0.6) is 0 Å². The minimum atomic E-state index is 0.391. The van der Waals surface area contributed by atoms with E-state index >= 15 is 0 Å². The predicted molar refractivity (Wildman–Crippen MR) is 78.4 cm³/mol. The molecule has 0 amide bonds. The zero-order valence-corrected chi connectivity index (χ0v) is 11.7. The Balaban J connectivity index is 1.63. The first-order chi connectivity index (χ1) is 9.76. The summed E-state index contributed by atoms with van der Waals surface area (Å²) in [5.41, 5.74) is 7.58. The van der Waals surface area contributed by atoms with Gasteiger partial charge in [-0.15, -0.1) is 0 Å². The zero-order chi connectivity index (χ0) is 13.9. The lowest BCUT2D eigenvalue weighted by Gasteiger charge is -2.34. The van der Waals surface area contributed by atoms with Gasteiger partial charge in [-0.2, -0.15) is 5.26 Å². The van der Waals surface area contributed by atoms with E-state index in [0.29, 0.717) is 17.8 Å². The van der Waals surface area contributed by atoms with Crippen molar-refractivity contribution in [3.05, 3.63) is 24.0 Å². The Labute approximate surface area is 120 Å². The SMILES string of the molecule is N#Cc1cc(N2CCC(N3CCC(N)CC3)C2)ccn1. The molecule has 0 aromatic carbocycles. The number of nitriles is 1. The number of pyridine rings is 1. The highest BCUT2D eigenvalue weighted by molar-refractivity contribution is 5.49. The van der Waals surface area contributed by atoms with E-state index in [-0.39, 0.29) is 0 Å². The zero-order valence-electron chi connectivity index (χ0n) is 11.7. The van der Waals surface area contributed by atoms with Gasteiger partial charge in [0.1, 0.15) is 11.8 Å². The van der Waals surface area contributed by atoms with Gasteiger partial charge < -0.3 is 10.6 Å². The molecule has 0 bridgehead atoms. The minimum absolute atomic E-state index is 0.391. The molecule has 1 unspecified atom stereocenters. The molecule has 2 aliphatic rings. The average Bonchev–Trinajstić information content (AvgIpc) is 2.98. The average molecular weight is 271 g/mol. The Bertz CT molecular complexity index is 501. The first-order valence-electron chi connectivity index (χ1n) is 7.37. The summed E-state index contributed by atoms with van der Waals surface area (Å²) in [4.78, 5) is 8.98. The number of likely N-dealkylation sites (tertiary alicyclic amines) is 1. The van der Waals surface area contributed by atoms with Crippen molar-refractivity contribution in [3.8, 4) is 6.07 Å². The van der Waals surface area contributed by atoms with Gasteiger partial charge >= 0.3 is 0 Å². The monoisotopic (exact) mass is 271 g/mol. The molecule has 2 aliphatic heterocycles. The highest BCUT2D eigenvalue weighted by Crippen LogP contribution is 2.24. The van der Waals surface area contributed by atoms with Crippen molar-refractivity contribution < 1.29 is 0 Å². The third-order valence-corrected chi connectivity index (χ3v) is 4.48. The molecule has 2 fully saturated rings. The maximum absolute atomic E-state index is 8.93. The van der Waals surface area contributed by atoms with Crippen LogP contribution < -0.4 is 10.6 Å². The van der Waals surface area contributed by atoms with Crippen LogP contribution >= 0.6 is 0 Å². The highest BCUT2D eigenvalue weighted by atomic mass is 15.3. The largest absolute Gasteiger partial charge is 0.370 e. The van der Waals surface area contributed by atoms with E-state index in [1.165, 1.54) is 6.42 Å². The van der Waals surface area contributed by atoms with Gasteiger partial charge in [0.05, 0.1) is 0 Å². The van der Waals surface area contributed by atoms with Crippen molar-refractivity contribution >= 4 is 5.69 Å². The van der Waals surface area contributed by atoms with E-state index in [1.54, 1.807) is 6.20 Å². The fraction of sp³-hybridized carbons (Fsp3) is 0.600. The maximum Gasteiger partial charge on any atom is 0.142 e. The Kier molecular flexibility index (Phi) is 3.86. The fourth-order valence-corrected chi connectivity index (χ4v) is 3.24. The van der Waals surface area contributed by atoms with Crippen LogP contribution in [0.4, 0.5) is 5.69 Å². The summed E-state index contributed by atoms with van der Waals surface area (Å²) in [6.45, 7) is 4.35. The molecule has 1 atom stereocenters. The van der Waals surface area contributed by atoms with Gasteiger partial charge in [0.2, 0.25) is 0 Å². The molecule has 0 spiro atoms. The standard InChI is InChI=1S/C15H21N5/c16-10-13-9-14(1-5-18-13)20-8-4-15(11-20)19-6-2-12(17)3-7-19/h1,5,9,12,15H,2-4,6-8,11,17H2. The molecule has 1 aromatic heterocycles. The van der Waals surface area contributed by atoms with Gasteiger partial charge in [-0.05, 0) is 44.5 Å². The van der Waals surface area contributed by atoms with Gasteiger partial charge in [-0.25, -0.2) is 4.98 Å². The summed E-state index contributed by atoms with van der Waals surface area (Å²) in [6.07, 6.45) is 5.15. The van der Waals surface area contributed by atoms with E-state index in [4.69, 9.17) is 11.0 Å². The van der Waals surface area contributed by atoms with E-state index < -0.39 is 0 Å². The number of hydrogen-bond donors (Lipinski definition) is 1. The summed E-state index contributed by atoms with van der Waals surface area (Å²) < 4.78 is 0. The normalized spacial score (nSPS) is 24.8. The summed E-state index contributed by atoms with van der Waals surface area (Å²) in [6, 6.07) is 7.00. The Morgan fingerprint density at radius 3 is 2.80 bits per heavy atom. The van der Waals surface area contributed by atoms with Gasteiger partial charge in [-0.3, -0.25) is 4.90 Å². The van der Waals surface area contributed by atoms with Crippen LogP contribution in [0.25, 0.3) is 0 Å². The maximum atomic E-state index is 8.93. The van der Waals surface area contributed by atoms with Crippen LogP contribution in [-0.4, -0.2) is 48.1 Å². The lowest BCUT2D eigenvalue weighted by Crippen LogP contribution is -2.46. The molecule has 5 heteroatoms.